The van der Waals surface area contributed by atoms with Gasteiger partial charge in [-0.25, -0.2) is 9.67 Å². The van der Waals surface area contributed by atoms with Crippen molar-refractivity contribution in [2.24, 2.45) is 0 Å². The van der Waals surface area contributed by atoms with Crippen molar-refractivity contribution in [2.75, 3.05) is 11.9 Å². The van der Waals surface area contributed by atoms with Crippen LogP contribution < -0.4 is 10.9 Å². The lowest BCUT2D eigenvalue weighted by atomic mass is 10.2. The molecule has 2 aromatic rings. The van der Waals surface area contributed by atoms with Crippen LogP contribution in [0.5, 0.6) is 0 Å². The Morgan fingerprint density at radius 1 is 1.44 bits per heavy atom. The smallest absolute Gasteiger partial charge is 0.267 e. The molecule has 2 rings (SSSR count). The van der Waals surface area contributed by atoms with Gasteiger partial charge in [-0.15, -0.1) is 0 Å². The number of nitrogens with one attached hydrogen (secondary N) is 1. The van der Waals surface area contributed by atoms with Crippen molar-refractivity contribution < 1.29 is 0 Å². The fraction of sp³-hybridized carbons (Fsp3) is 0.308. The second-order valence-electron chi connectivity index (χ2n) is 4.07. The summed E-state index contributed by atoms with van der Waals surface area (Å²) in [5.74, 6) is 0.800. The van der Waals surface area contributed by atoms with E-state index >= 15 is 0 Å². The highest BCUT2D eigenvalue weighted by molar-refractivity contribution is 5.43. The molecule has 0 spiro atoms. The monoisotopic (exact) mass is 244 g/mol. The maximum absolute atomic E-state index is 11.8. The molecule has 94 valence electrons. The number of aryl methyl sites for hydroxylation is 1. The van der Waals surface area contributed by atoms with Gasteiger partial charge < -0.3 is 5.32 Å². The first-order chi connectivity index (χ1) is 8.70. The van der Waals surface area contributed by atoms with Crippen molar-refractivity contribution in [3.63, 3.8) is 0 Å². The Morgan fingerprint density at radius 2 is 2.28 bits per heavy atom. The molecule has 0 saturated carbocycles. The average molecular weight is 244 g/mol. The minimum atomic E-state index is -0.0960. The Balaban J connectivity index is 2.31. The molecule has 1 N–H and O–H groups in total. The van der Waals surface area contributed by atoms with E-state index in [2.05, 4.69) is 15.4 Å². The highest BCUT2D eigenvalue weighted by atomic mass is 16.1. The summed E-state index contributed by atoms with van der Waals surface area (Å²) in [6, 6.07) is 5.38. The molecule has 5 nitrogen and oxygen atoms in total. The number of aromatic nitrogens is 3. The molecule has 0 radical (unpaired) electrons. The lowest BCUT2D eigenvalue weighted by Crippen LogP contribution is -2.23. The zero-order valence-corrected chi connectivity index (χ0v) is 10.6. The van der Waals surface area contributed by atoms with Gasteiger partial charge in [-0.2, -0.15) is 5.10 Å². The highest BCUT2D eigenvalue weighted by Crippen LogP contribution is 2.11. The lowest BCUT2D eigenvalue weighted by molar-refractivity contribution is 0.635. The van der Waals surface area contributed by atoms with E-state index in [-0.39, 0.29) is 5.56 Å². The summed E-state index contributed by atoms with van der Waals surface area (Å²) in [4.78, 5) is 16.0. The summed E-state index contributed by atoms with van der Waals surface area (Å²) < 4.78 is 1.44. The molecule has 0 aromatic carbocycles. The Morgan fingerprint density at radius 3 is 3.00 bits per heavy atom. The van der Waals surface area contributed by atoms with Crippen molar-refractivity contribution in [2.45, 2.75) is 20.4 Å². The van der Waals surface area contributed by atoms with Crippen LogP contribution in [0.15, 0.2) is 35.4 Å². The van der Waals surface area contributed by atoms with E-state index in [0.717, 1.165) is 23.5 Å². The number of rotatable bonds is 4. The van der Waals surface area contributed by atoms with Gasteiger partial charge in [-0.05, 0) is 25.5 Å². The first kappa shape index (κ1) is 12.3. The van der Waals surface area contributed by atoms with E-state index in [1.807, 2.05) is 26.0 Å². The number of anilines is 1. The van der Waals surface area contributed by atoms with Crippen LogP contribution in [0.1, 0.15) is 18.1 Å². The fourth-order valence-corrected chi connectivity index (χ4v) is 1.70. The van der Waals surface area contributed by atoms with E-state index in [9.17, 15) is 4.79 Å². The van der Waals surface area contributed by atoms with Crippen molar-refractivity contribution in [3.8, 4) is 0 Å². The quantitative estimate of drug-likeness (QED) is 0.883. The SMILES string of the molecule is CCNc1ncccc1Cn1ncc(C)cc1=O. The van der Waals surface area contributed by atoms with Gasteiger partial charge in [0.15, 0.2) is 0 Å². The van der Waals surface area contributed by atoms with Gasteiger partial charge in [-0.3, -0.25) is 4.79 Å². The number of hydrogen-bond donors (Lipinski definition) is 1. The van der Waals surface area contributed by atoms with Crippen molar-refractivity contribution in [1.29, 1.82) is 0 Å². The number of hydrogen-bond acceptors (Lipinski definition) is 4. The molecule has 5 heteroatoms. The molecule has 0 aliphatic rings. The van der Waals surface area contributed by atoms with Crippen molar-refractivity contribution >= 4 is 5.82 Å². The summed E-state index contributed by atoms with van der Waals surface area (Å²) in [6.07, 6.45) is 3.41. The fourth-order valence-electron chi connectivity index (χ4n) is 1.70. The first-order valence-corrected chi connectivity index (χ1v) is 5.92. The Labute approximate surface area is 105 Å². The van der Waals surface area contributed by atoms with Crippen LogP contribution >= 0.6 is 0 Å². The number of nitrogens with zero attached hydrogens (tertiary/aromatic N) is 3. The van der Waals surface area contributed by atoms with Gasteiger partial charge in [0.25, 0.3) is 5.56 Å². The van der Waals surface area contributed by atoms with Gasteiger partial charge in [0.05, 0.1) is 12.7 Å². The summed E-state index contributed by atoms with van der Waals surface area (Å²) in [5.41, 5.74) is 1.73. The van der Waals surface area contributed by atoms with E-state index in [4.69, 9.17) is 0 Å². The highest BCUT2D eigenvalue weighted by Gasteiger charge is 2.05. The first-order valence-electron chi connectivity index (χ1n) is 5.92. The minimum absolute atomic E-state index is 0.0960. The Kier molecular flexibility index (Phi) is 3.72. The van der Waals surface area contributed by atoms with Gasteiger partial charge in [0, 0.05) is 24.4 Å². The summed E-state index contributed by atoms with van der Waals surface area (Å²) in [7, 11) is 0. The molecule has 0 saturated heterocycles. The summed E-state index contributed by atoms with van der Waals surface area (Å²) in [5, 5.41) is 7.30. The summed E-state index contributed by atoms with van der Waals surface area (Å²) in [6.45, 7) is 5.08. The van der Waals surface area contributed by atoms with Gasteiger partial charge in [-0.1, -0.05) is 6.07 Å². The molecular weight excluding hydrogens is 228 g/mol. The normalized spacial score (nSPS) is 10.3. The molecule has 2 aromatic heterocycles. The van der Waals surface area contributed by atoms with Crippen LogP contribution in [0.2, 0.25) is 0 Å². The van der Waals surface area contributed by atoms with E-state index in [1.165, 1.54) is 4.68 Å². The van der Waals surface area contributed by atoms with E-state index < -0.39 is 0 Å². The van der Waals surface area contributed by atoms with E-state index in [0.29, 0.717) is 6.54 Å². The van der Waals surface area contributed by atoms with Crippen LogP contribution in [0.25, 0.3) is 0 Å². The Bertz CT molecular complexity index is 592. The lowest BCUT2D eigenvalue weighted by Gasteiger charge is -2.10. The van der Waals surface area contributed by atoms with Crippen LogP contribution in [0.3, 0.4) is 0 Å². The predicted molar refractivity (Wildman–Crippen MR) is 70.7 cm³/mol. The summed E-state index contributed by atoms with van der Waals surface area (Å²) >= 11 is 0. The molecule has 0 bridgehead atoms. The second kappa shape index (κ2) is 5.44. The number of pyridine rings is 1. The van der Waals surface area contributed by atoms with Crippen molar-refractivity contribution in [3.05, 3.63) is 52.1 Å². The zero-order valence-electron chi connectivity index (χ0n) is 10.6. The molecular formula is C13H16N4O. The molecule has 0 fully saturated rings. The predicted octanol–water partition coefficient (Wildman–Crippen LogP) is 1.43. The Hall–Kier alpha value is -2.17. The molecule has 0 aliphatic heterocycles. The maximum atomic E-state index is 11.8. The third-order valence-corrected chi connectivity index (χ3v) is 2.56. The average Bonchev–Trinajstić information content (AvgIpc) is 2.35. The molecule has 0 amide bonds. The molecule has 0 aliphatic carbocycles. The van der Waals surface area contributed by atoms with Crippen LogP contribution in [-0.4, -0.2) is 21.3 Å². The van der Waals surface area contributed by atoms with E-state index in [1.54, 1.807) is 18.5 Å². The van der Waals surface area contributed by atoms with Crippen LogP contribution in [-0.2, 0) is 6.54 Å². The van der Waals surface area contributed by atoms with Gasteiger partial charge in [0.1, 0.15) is 5.82 Å². The second-order valence-corrected chi connectivity index (χ2v) is 4.07. The molecule has 0 unspecified atom stereocenters. The molecule has 0 atom stereocenters. The van der Waals surface area contributed by atoms with Crippen molar-refractivity contribution in [1.82, 2.24) is 14.8 Å². The maximum Gasteiger partial charge on any atom is 0.267 e. The third kappa shape index (κ3) is 2.74. The minimum Gasteiger partial charge on any atom is -0.370 e. The molecule has 18 heavy (non-hydrogen) atoms. The zero-order chi connectivity index (χ0) is 13.0. The third-order valence-electron chi connectivity index (χ3n) is 2.56. The molecule has 2 heterocycles. The largest absolute Gasteiger partial charge is 0.370 e. The van der Waals surface area contributed by atoms with Gasteiger partial charge >= 0.3 is 0 Å². The topological polar surface area (TPSA) is 59.8 Å². The standard InChI is InChI=1S/C13H16N4O/c1-3-14-13-11(5-4-6-15-13)9-17-12(18)7-10(2)8-16-17/h4-8H,3,9H2,1-2H3,(H,14,15). The van der Waals surface area contributed by atoms with Crippen LogP contribution in [0, 0.1) is 6.92 Å². The van der Waals surface area contributed by atoms with Gasteiger partial charge in [0.2, 0.25) is 0 Å². The van der Waals surface area contributed by atoms with Crippen LogP contribution in [0.4, 0.5) is 5.82 Å².